The van der Waals surface area contributed by atoms with Crippen molar-refractivity contribution in [1.82, 2.24) is 0 Å². The molecule has 0 aliphatic heterocycles. The fourth-order valence-electron chi connectivity index (χ4n) is 4.36. The highest BCUT2D eigenvalue weighted by Gasteiger charge is 2.58. The summed E-state index contributed by atoms with van der Waals surface area (Å²) in [5.74, 6) is 0.628. The lowest BCUT2D eigenvalue weighted by Crippen LogP contribution is -2.53. The van der Waals surface area contributed by atoms with Gasteiger partial charge in [-0.05, 0) is 57.8 Å². The molecule has 2 fully saturated rings. The molecular formula is C15H26O2. The van der Waals surface area contributed by atoms with Gasteiger partial charge in [0.1, 0.15) is 0 Å². The van der Waals surface area contributed by atoms with Crippen LogP contribution in [0.1, 0.15) is 53.4 Å². The molecule has 2 nitrogen and oxygen atoms in total. The Hall–Kier alpha value is -0.340. The van der Waals surface area contributed by atoms with Gasteiger partial charge in [-0.25, -0.2) is 0 Å². The molecule has 2 saturated carbocycles. The lowest BCUT2D eigenvalue weighted by Gasteiger charge is -2.50. The van der Waals surface area contributed by atoms with Gasteiger partial charge in [0.25, 0.3) is 0 Å². The molecule has 0 bridgehead atoms. The predicted octanol–water partition coefficient (Wildman–Crippen LogP) is 2.89. The third-order valence-corrected chi connectivity index (χ3v) is 5.06. The zero-order valence-corrected chi connectivity index (χ0v) is 11.5. The summed E-state index contributed by atoms with van der Waals surface area (Å²) in [5, 5.41) is 21.0. The summed E-state index contributed by atoms with van der Waals surface area (Å²) in [5.41, 5.74) is 0.592. The molecule has 2 heteroatoms. The Morgan fingerprint density at radius 2 is 1.82 bits per heavy atom. The van der Waals surface area contributed by atoms with Crippen molar-refractivity contribution in [3.8, 4) is 0 Å². The fraction of sp³-hybridized carbons (Fsp3) is 0.867. The third-order valence-electron chi connectivity index (χ3n) is 5.06. The van der Waals surface area contributed by atoms with Crippen LogP contribution < -0.4 is 0 Å². The summed E-state index contributed by atoms with van der Waals surface area (Å²) < 4.78 is 0. The number of aliphatic hydroxyl groups is 2. The first-order chi connectivity index (χ1) is 7.77. The second-order valence-corrected chi connectivity index (χ2v) is 6.84. The van der Waals surface area contributed by atoms with E-state index in [-0.39, 0.29) is 17.4 Å². The van der Waals surface area contributed by atoms with Crippen LogP contribution in [0.25, 0.3) is 0 Å². The molecule has 2 unspecified atom stereocenters. The van der Waals surface area contributed by atoms with Crippen LogP contribution in [0.15, 0.2) is 11.6 Å². The normalized spacial score (nSPS) is 49.9. The molecule has 5 atom stereocenters. The van der Waals surface area contributed by atoms with Crippen LogP contribution in [0.3, 0.4) is 0 Å². The maximum Gasteiger partial charge on any atom is 0.0660 e. The van der Waals surface area contributed by atoms with Crippen molar-refractivity contribution < 1.29 is 10.2 Å². The van der Waals surface area contributed by atoms with Crippen LogP contribution in [0.5, 0.6) is 0 Å². The number of fused-ring (bicyclic) bond motifs is 1. The highest BCUT2D eigenvalue weighted by molar-refractivity contribution is 5.14. The van der Waals surface area contributed by atoms with E-state index in [1.165, 1.54) is 5.57 Å². The van der Waals surface area contributed by atoms with Gasteiger partial charge in [0, 0.05) is 5.92 Å². The molecule has 0 spiro atoms. The van der Waals surface area contributed by atoms with Crippen molar-refractivity contribution in [3.05, 3.63) is 11.6 Å². The smallest absolute Gasteiger partial charge is 0.0660 e. The first-order valence-corrected chi connectivity index (χ1v) is 6.83. The molecule has 98 valence electrons. The van der Waals surface area contributed by atoms with E-state index < -0.39 is 5.60 Å². The maximum absolute atomic E-state index is 10.7. The van der Waals surface area contributed by atoms with E-state index in [1.54, 1.807) is 0 Å². The first-order valence-electron chi connectivity index (χ1n) is 6.83. The van der Waals surface area contributed by atoms with E-state index in [0.717, 1.165) is 25.7 Å². The topological polar surface area (TPSA) is 40.5 Å². The summed E-state index contributed by atoms with van der Waals surface area (Å²) in [6.45, 7) is 8.35. The molecule has 2 aliphatic rings. The Balaban J connectivity index is 2.35. The number of hydrogen-bond donors (Lipinski definition) is 2. The molecule has 0 aromatic carbocycles. The molecule has 0 aromatic heterocycles. The fourth-order valence-corrected chi connectivity index (χ4v) is 4.36. The molecule has 0 aromatic rings. The van der Waals surface area contributed by atoms with E-state index in [1.807, 2.05) is 6.92 Å². The second kappa shape index (κ2) is 4.10. The minimum Gasteiger partial charge on any atom is -0.393 e. The van der Waals surface area contributed by atoms with Gasteiger partial charge in [-0.15, -0.1) is 0 Å². The van der Waals surface area contributed by atoms with Crippen molar-refractivity contribution in [2.24, 2.45) is 17.3 Å². The van der Waals surface area contributed by atoms with E-state index in [0.29, 0.717) is 5.92 Å². The highest BCUT2D eigenvalue weighted by atomic mass is 16.3. The minimum absolute atomic E-state index is 0.0988. The van der Waals surface area contributed by atoms with E-state index in [2.05, 4.69) is 26.8 Å². The maximum atomic E-state index is 10.7. The van der Waals surface area contributed by atoms with Crippen LogP contribution in [-0.2, 0) is 0 Å². The Labute approximate surface area is 105 Å². The third kappa shape index (κ3) is 2.06. The second-order valence-electron chi connectivity index (χ2n) is 6.84. The van der Waals surface area contributed by atoms with Crippen LogP contribution in [0.2, 0.25) is 0 Å². The standard InChI is InChI=1S/C15H26O2/c1-10(2)9-11-5-7-14(3)12(16)6-8-15(4,17)13(11)14/h9,11-13,16-17H,5-8H2,1-4H3/t11?,12-,13?,14+,15+/m1/s1. The number of rotatable bonds is 1. The van der Waals surface area contributed by atoms with Crippen LogP contribution in [0, 0.1) is 17.3 Å². The number of hydrogen-bond acceptors (Lipinski definition) is 2. The lowest BCUT2D eigenvalue weighted by atomic mass is 9.59. The first kappa shape index (κ1) is 13.1. The molecule has 2 N–H and O–H groups in total. The zero-order chi connectivity index (χ0) is 12.8. The van der Waals surface area contributed by atoms with Gasteiger partial charge in [0.2, 0.25) is 0 Å². The monoisotopic (exact) mass is 238 g/mol. The van der Waals surface area contributed by atoms with Crippen molar-refractivity contribution in [3.63, 3.8) is 0 Å². The summed E-state index contributed by atoms with van der Waals surface area (Å²) in [6.07, 6.45) is 5.64. The van der Waals surface area contributed by atoms with Gasteiger partial charge in [0.05, 0.1) is 11.7 Å². The molecule has 0 saturated heterocycles. The van der Waals surface area contributed by atoms with Crippen molar-refractivity contribution in [1.29, 1.82) is 0 Å². The van der Waals surface area contributed by atoms with Crippen LogP contribution >= 0.6 is 0 Å². The van der Waals surface area contributed by atoms with Gasteiger partial charge in [-0.3, -0.25) is 0 Å². The predicted molar refractivity (Wildman–Crippen MR) is 69.6 cm³/mol. The lowest BCUT2D eigenvalue weighted by molar-refractivity contribution is -0.143. The quantitative estimate of drug-likeness (QED) is 0.690. The molecule has 2 aliphatic carbocycles. The van der Waals surface area contributed by atoms with E-state index in [4.69, 9.17) is 0 Å². The molecule has 2 rings (SSSR count). The van der Waals surface area contributed by atoms with Crippen molar-refractivity contribution in [2.75, 3.05) is 0 Å². The Morgan fingerprint density at radius 3 is 2.41 bits per heavy atom. The summed E-state index contributed by atoms with van der Waals surface area (Å²) >= 11 is 0. The molecule has 0 radical (unpaired) electrons. The average Bonchev–Trinajstić information content (AvgIpc) is 2.52. The Kier molecular flexibility index (Phi) is 3.16. The number of allylic oxidation sites excluding steroid dienone is 2. The highest BCUT2D eigenvalue weighted by Crippen LogP contribution is 2.58. The van der Waals surface area contributed by atoms with Crippen molar-refractivity contribution >= 4 is 0 Å². The Morgan fingerprint density at radius 1 is 1.18 bits per heavy atom. The van der Waals surface area contributed by atoms with Crippen molar-refractivity contribution in [2.45, 2.75) is 65.1 Å². The Bertz CT molecular complexity index is 328. The molecule has 17 heavy (non-hydrogen) atoms. The van der Waals surface area contributed by atoms with Gasteiger partial charge in [-0.2, -0.15) is 0 Å². The number of aliphatic hydroxyl groups excluding tert-OH is 1. The van der Waals surface area contributed by atoms with E-state index >= 15 is 0 Å². The largest absolute Gasteiger partial charge is 0.393 e. The summed E-state index contributed by atoms with van der Waals surface area (Å²) in [4.78, 5) is 0. The molecule has 0 heterocycles. The van der Waals surface area contributed by atoms with Crippen LogP contribution in [-0.4, -0.2) is 21.9 Å². The van der Waals surface area contributed by atoms with Crippen LogP contribution in [0.4, 0.5) is 0 Å². The summed E-state index contributed by atoms with van der Waals surface area (Å²) in [6, 6.07) is 0. The zero-order valence-electron chi connectivity index (χ0n) is 11.5. The van der Waals surface area contributed by atoms with Gasteiger partial charge in [-0.1, -0.05) is 18.6 Å². The van der Waals surface area contributed by atoms with Gasteiger partial charge < -0.3 is 10.2 Å². The van der Waals surface area contributed by atoms with Gasteiger partial charge >= 0.3 is 0 Å². The summed E-state index contributed by atoms with van der Waals surface area (Å²) in [7, 11) is 0. The average molecular weight is 238 g/mol. The SMILES string of the molecule is CC(C)=CC1CC[C@]2(C)C1[C@@](C)(O)CC[C@H]2O. The molecule has 0 amide bonds. The minimum atomic E-state index is -0.624. The van der Waals surface area contributed by atoms with Gasteiger partial charge in [0.15, 0.2) is 0 Å². The van der Waals surface area contributed by atoms with E-state index in [9.17, 15) is 10.2 Å². The molecular weight excluding hydrogens is 212 g/mol.